The summed E-state index contributed by atoms with van der Waals surface area (Å²) >= 11 is 1.28. The van der Waals surface area contributed by atoms with Crippen molar-refractivity contribution in [2.75, 3.05) is 36.5 Å². The number of Topliss-reactive ketones (excluding diaryl/α,β-unsaturated/α-hetero) is 1. The van der Waals surface area contributed by atoms with E-state index in [1.807, 2.05) is 47.1 Å². The topological polar surface area (TPSA) is 136 Å². The number of rotatable bonds is 9. The average molecular weight is 666 g/mol. The van der Waals surface area contributed by atoms with Gasteiger partial charge in [-0.1, -0.05) is 18.3 Å². The van der Waals surface area contributed by atoms with E-state index in [-0.39, 0.29) is 17.6 Å². The molecule has 0 aliphatic carbocycles. The number of nitrogens with zero attached hydrogens (tertiary/aromatic N) is 8. The number of aliphatic hydroxyl groups excluding tert-OH is 1. The minimum absolute atomic E-state index is 0.203. The van der Waals surface area contributed by atoms with Crippen LogP contribution in [0.2, 0.25) is 0 Å². The number of imidazole rings is 1. The van der Waals surface area contributed by atoms with Crippen LogP contribution >= 0.6 is 11.3 Å². The second-order valence-corrected chi connectivity index (χ2v) is 13.4. The SMILES string of the molecule is CCc1nc2ccc(-c3cnc(N4CCC(CC(=O)[C@@H]5C[C@@H](O)CN5)CC4)nc3)cn2c1N(C)c1nc(-c2ccc(F)cc2)c(C#N)s1. The minimum Gasteiger partial charge on any atom is -0.392 e. The van der Waals surface area contributed by atoms with Gasteiger partial charge in [-0.05, 0) is 68.0 Å². The van der Waals surface area contributed by atoms with Gasteiger partial charge in [0.15, 0.2) is 5.13 Å². The molecule has 5 aromatic rings. The molecule has 2 aliphatic rings. The number of β-amino-alcohol motifs (C(OH)–C–C–N with tert-alkyl or cyclic N) is 1. The predicted molar refractivity (Wildman–Crippen MR) is 183 cm³/mol. The standard InChI is InChI=1S/C35H36FN9O2S/c1-3-27-33(43(2)35-42-32(30(16-37)48-35)22-4-7-25(36)8-5-22)45-20-23(6-9-31(45)41-27)24-17-39-34(40-18-24)44-12-10-21(11-13-44)14-29(47)28-15-26(46)19-38-28/h4-9,17-18,20-21,26,28,38,46H,3,10-15,19H2,1-2H3/t26-,28+/m1/s1. The van der Waals surface area contributed by atoms with Gasteiger partial charge in [0, 0.05) is 68.4 Å². The van der Waals surface area contributed by atoms with Crippen LogP contribution in [0.1, 0.15) is 43.2 Å². The third kappa shape index (κ3) is 6.26. The smallest absolute Gasteiger partial charge is 0.225 e. The number of carbonyl (C=O) groups excluding carboxylic acids is 1. The Morgan fingerprint density at radius 1 is 1.10 bits per heavy atom. The van der Waals surface area contributed by atoms with E-state index in [0.29, 0.717) is 58.9 Å². The monoisotopic (exact) mass is 665 g/mol. The van der Waals surface area contributed by atoms with Crippen LogP contribution in [-0.2, 0) is 11.2 Å². The van der Waals surface area contributed by atoms with Gasteiger partial charge in [0.2, 0.25) is 5.95 Å². The molecule has 2 fully saturated rings. The summed E-state index contributed by atoms with van der Waals surface area (Å²) in [5.41, 5.74) is 4.67. The second kappa shape index (κ2) is 13.4. The number of hydrogen-bond acceptors (Lipinski definition) is 11. The summed E-state index contributed by atoms with van der Waals surface area (Å²) in [5.74, 6) is 1.71. The van der Waals surface area contributed by atoms with E-state index in [2.05, 4.69) is 23.2 Å². The lowest BCUT2D eigenvalue weighted by Gasteiger charge is -2.32. The molecule has 0 saturated carbocycles. The Bertz CT molecular complexity index is 1980. The van der Waals surface area contributed by atoms with Crippen molar-refractivity contribution >= 4 is 39.7 Å². The maximum absolute atomic E-state index is 13.6. The first-order chi connectivity index (χ1) is 23.3. The van der Waals surface area contributed by atoms with Gasteiger partial charge in [-0.15, -0.1) is 0 Å². The molecule has 2 atom stereocenters. The highest BCUT2D eigenvalue weighted by Crippen LogP contribution is 2.37. The van der Waals surface area contributed by atoms with Crippen LogP contribution in [0.3, 0.4) is 0 Å². The molecule has 2 aliphatic heterocycles. The lowest BCUT2D eigenvalue weighted by molar-refractivity contribution is -0.121. The highest BCUT2D eigenvalue weighted by molar-refractivity contribution is 7.16. The Balaban J connectivity index is 1.08. The maximum Gasteiger partial charge on any atom is 0.225 e. The molecule has 2 saturated heterocycles. The number of halogens is 1. The van der Waals surface area contributed by atoms with Crippen molar-refractivity contribution in [3.8, 4) is 28.5 Å². The predicted octanol–water partition coefficient (Wildman–Crippen LogP) is 5.15. The normalized spacial score (nSPS) is 18.4. The van der Waals surface area contributed by atoms with E-state index in [1.54, 1.807) is 12.1 Å². The molecule has 6 heterocycles. The summed E-state index contributed by atoms with van der Waals surface area (Å²) in [5, 5.41) is 23.4. The zero-order chi connectivity index (χ0) is 33.4. The van der Waals surface area contributed by atoms with Crippen molar-refractivity contribution < 1.29 is 14.3 Å². The van der Waals surface area contributed by atoms with E-state index >= 15 is 0 Å². The number of piperidine rings is 1. The van der Waals surface area contributed by atoms with E-state index < -0.39 is 6.10 Å². The summed E-state index contributed by atoms with van der Waals surface area (Å²) in [7, 11) is 1.91. The minimum atomic E-state index is -0.425. The van der Waals surface area contributed by atoms with Gasteiger partial charge in [-0.2, -0.15) is 5.26 Å². The van der Waals surface area contributed by atoms with Crippen LogP contribution in [0, 0.1) is 23.1 Å². The summed E-state index contributed by atoms with van der Waals surface area (Å²) in [6.07, 6.45) is 8.83. The number of thiazole rings is 1. The number of aromatic nitrogens is 5. The summed E-state index contributed by atoms with van der Waals surface area (Å²) < 4.78 is 15.6. The van der Waals surface area contributed by atoms with Crippen LogP contribution < -0.4 is 15.1 Å². The first-order valence-corrected chi connectivity index (χ1v) is 17.1. The fourth-order valence-electron chi connectivity index (χ4n) is 6.63. The quantitative estimate of drug-likeness (QED) is 0.218. The van der Waals surface area contributed by atoms with Crippen molar-refractivity contribution in [1.82, 2.24) is 29.7 Å². The lowest BCUT2D eigenvalue weighted by atomic mass is 9.89. The number of ketones is 1. The Morgan fingerprint density at radius 3 is 2.50 bits per heavy atom. The van der Waals surface area contributed by atoms with Crippen molar-refractivity contribution in [2.24, 2.45) is 5.92 Å². The number of anilines is 3. The van der Waals surface area contributed by atoms with Gasteiger partial charge in [-0.3, -0.25) is 9.20 Å². The van der Waals surface area contributed by atoms with Crippen LogP contribution in [0.5, 0.6) is 0 Å². The van der Waals surface area contributed by atoms with Crippen molar-refractivity contribution in [2.45, 2.75) is 51.2 Å². The number of carbonyl (C=O) groups is 1. The summed E-state index contributed by atoms with van der Waals surface area (Å²) in [6.45, 7) is 4.13. The molecule has 11 nitrogen and oxygen atoms in total. The van der Waals surface area contributed by atoms with Gasteiger partial charge in [-0.25, -0.2) is 24.3 Å². The first-order valence-electron chi connectivity index (χ1n) is 16.2. The van der Waals surface area contributed by atoms with Crippen LogP contribution in [0.15, 0.2) is 55.0 Å². The van der Waals surface area contributed by atoms with E-state index in [0.717, 1.165) is 54.2 Å². The molecule has 0 spiro atoms. The van der Waals surface area contributed by atoms with Gasteiger partial charge in [0.1, 0.15) is 39.7 Å². The lowest BCUT2D eigenvalue weighted by Crippen LogP contribution is -2.37. The maximum atomic E-state index is 13.6. The van der Waals surface area contributed by atoms with Crippen molar-refractivity contribution in [1.29, 1.82) is 5.26 Å². The number of benzene rings is 1. The highest BCUT2D eigenvalue weighted by atomic mass is 32.1. The molecule has 7 rings (SSSR count). The fraction of sp³-hybridized carbons (Fsp3) is 0.371. The zero-order valence-corrected chi connectivity index (χ0v) is 27.6. The Kier molecular flexibility index (Phi) is 8.87. The number of nitriles is 1. The van der Waals surface area contributed by atoms with Crippen LogP contribution in [0.4, 0.5) is 21.3 Å². The third-order valence-corrected chi connectivity index (χ3v) is 10.3. The molecule has 0 radical (unpaired) electrons. The molecule has 246 valence electrons. The van der Waals surface area contributed by atoms with Gasteiger partial charge in [0.05, 0.1) is 17.8 Å². The number of nitrogens with one attached hydrogen (secondary N) is 1. The molecule has 4 aromatic heterocycles. The molecule has 1 aromatic carbocycles. The van der Waals surface area contributed by atoms with Gasteiger partial charge >= 0.3 is 0 Å². The number of aryl methyl sites for hydroxylation is 1. The number of aliphatic hydroxyl groups is 1. The van der Waals surface area contributed by atoms with Crippen LogP contribution in [0.25, 0.3) is 28.0 Å². The summed E-state index contributed by atoms with van der Waals surface area (Å²) in [4.78, 5) is 36.3. The second-order valence-electron chi connectivity index (χ2n) is 12.5. The molecule has 0 amide bonds. The molecular weight excluding hydrogens is 630 g/mol. The molecule has 0 bridgehead atoms. The first kappa shape index (κ1) is 31.8. The Hall–Kier alpha value is -4.77. The number of hydrogen-bond donors (Lipinski definition) is 2. The van der Waals surface area contributed by atoms with Crippen LogP contribution in [-0.4, -0.2) is 74.1 Å². The Labute approximate surface area is 281 Å². The number of pyridine rings is 1. The zero-order valence-electron chi connectivity index (χ0n) is 26.8. The largest absolute Gasteiger partial charge is 0.392 e. The number of fused-ring (bicyclic) bond motifs is 1. The fourth-order valence-corrected chi connectivity index (χ4v) is 7.47. The highest BCUT2D eigenvalue weighted by Gasteiger charge is 2.31. The Morgan fingerprint density at radius 2 is 1.83 bits per heavy atom. The van der Waals surface area contributed by atoms with Gasteiger partial charge < -0.3 is 20.2 Å². The molecule has 0 unspecified atom stereocenters. The van der Waals surface area contributed by atoms with Crippen molar-refractivity contribution in [3.63, 3.8) is 0 Å². The molecule has 48 heavy (non-hydrogen) atoms. The molecular formula is C35H36FN9O2S. The molecule has 2 N–H and O–H groups in total. The van der Waals surface area contributed by atoms with E-state index in [1.165, 1.54) is 23.5 Å². The average Bonchev–Trinajstić information content (AvgIpc) is 3.85. The molecule has 13 heteroatoms. The van der Waals surface area contributed by atoms with Crippen molar-refractivity contribution in [3.05, 3.63) is 71.4 Å². The van der Waals surface area contributed by atoms with E-state index in [4.69, 9.17) is 19.9 Å². The third-order valence-electron chi connectivity index (χ3n) is 9.29. The van der Waals surface area contributed by atoms with E-state index in [9.17, 15) is 19.6 Å². The summed E-state index contributed by atoms with van der Waals surface area (Å²) in [6, 6.07) is 12.0. The van der Waals surface area contributed by atoms with Gasteiger partial charge in [0.25, 0.3) is 0 Å².